The lowest BCUT2D eigenvalue weighted by Gasteiger charge is -2.19. The molecule has 0 saturated carbocycles. The second-order valence-corrected chi connectivity index (χ2v) is 7.06. The molecule has 3 rings (SSSR count). The minimum Gasteiger partial charge on any atom is -0.381 e. The van der Waals surface area contributed by atoms with Crippen molar-refractivity contribution in [1.29, 1.82) is 0 Å². The number of halogens is 1. The third kappa shape index (κ3) is 5.79. The number of amides is 1. The van der Waals surface area contributed by atoms with Crippen molar-refractivity contribution in [1.82, 2.24) is 4.90 Å². The average Bonchev–Trinajstić information content (AvgIpc) is 3.20. The highest BCUT2D eigenvalue weighted by atomic mass is 19.1. The number of hydrogen-bond acceptors (Lipinski definition) is 3. The predicted octanol–water partition coefficient (Wildman–Crippen LogP) is 4.47. The van der Waals surface area contributed by atoms with Crippen molar-refractivity contribution < 1.29 is 13.9 Å². The predicted molar refractivity (Wildman–Crippen MR) is 105 cm³/mol. The molecule has 2 aromatic rings. The Balaban J connectivity index is 1.50. The van der Waals surface area contributed by atoms with Crippen molar-refractivity contribution in [3.8, 4) is 0 Å². The van der Waals surface area contributed by atoms with Gasteiger partial charge >= 0.3 is 0 Å². The van der Waals surface area contributed by atoms with E-state index < -0.39 is 0 Å². The van der Waals surface area contributed by atoms with Gasteiger partial charge in [0.2, 0.25) is 0 Å². The Hall–Kier alpha value is -2.40. The zero-order valence-electron chi connectivity index (χ0n) is 15.8. The van der Waals surface area contributed by atoms with Crippen LogP contribution in [-0.4, -0.2) is 37.1 Å². The molecule has 1 heterocycles. The Morgan fingerprint density at radius 3 is 2.81 bits per heavy atom. The molecule has 0 spiro atoms. The third-order valence-electron chi connectivity index (χ3n) is 4.91. The minimum absolute atomic E-state index is 0.0211. The Kier molecular flexibility index (Phi) is 6.82. The maximum atomic E-state index is 13.0. The van der Waals surface area contributed by atoms with Gasteiger partial charge in [0.1, 0.15) is 5.82 Å². The molecule has 0 radical (unpaired) electrons. The van der Waals surface area contributed by atoms with Gasteiger partial charge in [-0.3, -0.25) is 4.79 Å². The van der Waals surface area contributed by atoms with E-state index in [9.17, 15) is 9.18 Å². The first-order valence-electron chi connectivity index (χ1n) is 9.57. The SMILES string of the molecule is CN(CCC[C@H]1CCCO1)C(=O)c1cccc(NCc2ccc(F)cc2)c1. The fourth-order valence-electron chi connectivity index (χ4n) is 3.32. The van der Waals surface area contributed by atoms with Crippen molar-refractivity contribution in [2.45, 2.75) is 38.3 Å². The summed E-state index contributed by atoms with van der Waals surface area (Å²) < 4.78 is 18.6. The first-order valence-corrected chi connectivity index (χ1v) is 9.57. The Morgan fingerprint density at radius 2 is 2.07 bits per heavy atom. The molecule has 1 fully saturated rings. The Bertz CT molecular complexity index is 742. The number of rotatable bonds is 8. The van der Waals surface area contributed by atoms with Crippen molar-refractivity contribution in [3.63, 3.8) is 0 Å². The van der Waals surface area contributed by atoms with Crippen molar-refractivity contribution >= 4 is 11.6 Å². The minimum atomic E-state index is -0.242. The fraction of sp³-hybridized carbons (Fsp3) is 0.409. The van der Waals surface area contributed by atoms with Gasteiger partial charge in [0.25, 0.3) is 5.91 Å². The molecule has 1 aliphatic rings. The molecule has 0 aromatic heterocycles. The number of ether oxygens (including phenoxy) is 1. The van der Waals surface area contributed by atoms with Gasteiger partial charge in [-0.2, -0.15) is 0 Å². The monoisotopic (exact) mass is 370 g/mol. The summed E-state index contributed by atoms with van der Waals surface area (Å²) in [7, 11) is 1.84. The van der Waals surface area contributed by atoms with Crippen LogP contribution in [0.5, 0.6) is 0 Å². The normalized spacial score (nSPS) is 16.3. The summed E-state index contributed by atoms with van der Waals surface area (Å²) in [6, 6.07) is 13.9. The Labute approximate surface area is 160 Å². The van der Waals surface area contributed by atoms with Crippen LogP contribution in [-0.2, 0) is 11.3 Å². The summed E-state index contributed by atoms with van der Waals surface area (Å²) in [6.07, 6.45) is 4.62. The van der Waals surface area contributed by atoms with E-state index in [1.54, 1.807) is 17.0 Å². The van der Waals surface area contributed by atoms with Gasteiger partial charge in [-0.15, -0.1) is 0 Å². The lowest BCUT2D eigenvalue weighted by atomic mass is 10.1. The van der Waals surface area contributed by atoms with E-state index in [-0.39, 0.29) is 11.7 Å². The molecule has 1 saturated heterocycles. The van der Waals surface area contributed by atoms with E-state index in [0.29, 0.717) is 18.2 Å². The number of anilines is 1. The first kappa shape index (κ1) is 19.4. The van der Waals surface area contributed by atoms with E-state index in [4.69, 9.17) is 4.74 Å². The fourth-order valence-corrected chi connectivity index (χ4v) is 3.32. The third-order valence-corrected chi connectivity index (χ3v) is 4.91. The van der Waals surface area contributed by atoms with Crippen LogP contribution in [0.2, 0.25) is 0 Å². The van der Waals surface area contributed by atoms with Gasteiger partial charge in [-0.25, -0.2) is 4.39 Å². The van der Waals surface area contributed by atoms with Gasteiger partial charge in [-0.05, 0) is 61.6 Å². The van der Waals surface area contributed by atoms with Gasteiger partial charge in [-0.1, -0.05) is 18.2 Å². The van der Waals surface area contributed by atoms with Gasteiger partial charge < -0.3 is 15.0 Å². The largest absolute Gasteiger partial charge is 0.381 e. The van der Waals surface area contributed by atoms with Crippen LogP contribution in [0.15, 0.2) is 48.5 Å². The van der Waals surface area contributed by atoms with Crippen LogP contribution in [0.4, 0.5) is 10.1 Å². The summed E-state index contributed by atoms with van der Waals surface area (Å²) in [4.78, 5) is 14.4. The molecule has 1 amide bonds. The number of carbonyl (C=O) groups excluding carboxylic acids is 1. The molecule has 27 heavy (non-hydrogen) atoms. The maximum absolute atomic E-state index is 13.0. The highest BCUT2D eigenvalue weighted by molar-refractivity contribution is 5.94. The molecular weight excluding hydrogens is 343 g/mol. The summed E-state index contributed by atoms with van der Waals surface area (Å²) in [5, 5.41) is 3.29. The highest BCUT2D eigenvalue weighted by Crippen LogP contribution is 2.18. The highest BCUT2D eigenvalue weighted by Gasteiger charge is 2.16. The summed E-state index contributed by atoms with van der Waals surface area (Å²) in [5.74, 6) is -0.221. The number of nitrogens with one attached hydrogen (secondary N) is 1. The molecule has 4 nitrogen and oxygen atoms in total. The molecule has 5 heteroatoms. The zero-order chi connectivity index (χ0) is 19.1. The maximum Gasteiger partial charge on any atom is 0.253 e. The van der Waals surface area contributed by atoms with Crippen LogP contribution in [0.1, 0.15) is 41.6 Å². The molecule has 1 N–H and O–H groups in total. The molecule has 0 unspecified atom stereocenters. The molecule has 2 aromatic carbocycles. The first-order chi connectivity index (χ1) is 13.1. The zero-order valence-corrected chi connectivity index (χ0v) is 15.8. The van der Waals surface area contributed by atoms with Crippen molar-refractivity contribution in [2.24, 2.45) is 0 Å². The van der Waals surface area contributed by atoms with E-state index in [2.05, 4.69) is 5.32 Å². The van der Waals surface area contributed by atoms with Crippen LogP contribution in [0, 0.1) is 5.82 Å². The summed E-state index contributed by atoms with van der Waals surface area (Å²) in [5.41, 5.74) is 2.52. The smallest absolute Gasteiger partial charge is 0.253 e. The molecule has 1 aliphatic heterocycles. The number of hydrogen-bond donors (Lipinski definition) is 1. The number of carbonyl (C=O) groups is 1. The van der Waals surface area contributed by atoms with E-state index >= 15 is 0 Å². The second-order valence-electron chi connectivity index (χ2n) is 7.06. The van der Waals surface area contributed by atoms with Crippen LogP contribution in [0.3, 0.4) is 0 Å². The van der Waals surface area contributed by atoms with Crippen molar-refractivity contribution in [2.75, 3.05) is 25.5 Å². The van der Waals surface area contributed by atoms with Crippen LogP contribution in [0.25, 0.3) is 0 Å². The quantitative estimate of drug-likeness (QED) is 0.745. The lowest BCUT2D eigenvalue weighted by Crippen LogP contribution is -2.28. The second kappa shape index (κ2) is 9.51. The molecular formula is C22H27FN2O2. The van der Waals surface area contributed by atoms with Crippen molar-refractivity contribution in [3.05, 3.63) is 65.5 Å². The summed E-state index contributed by atoms with van der Waals surface area (Å²) >= 11 is 0. The average molecular weight is 370 g/mol. The topological polar surface area (TPSA) is 41.6 Å². The van der Waals surface area contributed by atoms with E-state index in [1.807, 2.05) is 31.3 Å². The van der Waals surface area contributed by atoms with Crippen LogP contribution < -0.4 is 5.32 Å². The molecule has 1 atom stereocenters. The standard InChI is InChI=1S/C22H27FN2O2/c1-25(13-3-7-21-8-4-14-27-21)22(26)18-5-2-6-20(15-18)24-16-17-9-11-19(23)12-10-17/h2,5-6,9-12,15,21,24H,3-4,7-8,13-14,16H2,1H3/t21-/m0/s1. The molecule has 0 aliphatic carbocycles. The number of benzene rings is 2. The van der Waals surface area contributed by atoms with E-state index in [0.717, 1.165) is 50.1 Å². The molecule has 0 bridgehead atoms. The lowest BCUT2D eigenvalue weighted by molar-refractivity contribution is 0.0763. The van der Waals surface area contributed by atoms with Crippen LogP contribution >= 0.6 is 0 Å². The molecule has 144 valence electrons. The number of nitrogens with zero attached hydrogens (tertiary/aromatic N) is 1. The Morgan fingerprint density at radius 1 is 1.26 bits per heavy atom. The van der Waals surface area contributed by atoms with Gasteiger partial charge in [0.05, 0.1) is 6.10 Å². The van der Waals surface area contributed by atoms with E-state index in [1.165, 1.54) is 12.1 Å². The summed E-state index contributed by atoms with van der Waals surface area (Å²) in [6.45, 7) is 2.18. The van der Waals surface area contributed by atoms with Gasteiger partial charge in [0.15, 0.2) is 0 Å². The van der Waals surface area contributed by atoms with Gasteiger partial charge in [0, 0.05) is 38.0 Å².